The molecule has 0 aromatic heterocycles. The first kappa shape index (κ1) is 21.0. The molecule has 2 aliphatic heterocycles. The molecule has 0 saturated carbocycles. The number of halogens is 3. The summed E-state index contributed by atoms with van der Waals surface area (Å²) in [7, 11) is 0. The van der Waals surface area contributed by atoms with Crippen LogP contribution in [0.4, 0.5) is 0 Å². The first-order valence-electron chi connectivity index (χ1n) is 8.98. The molecule has 3 rings (SSSR count). The molecule has 1 saturated heterocycles. The summed E-state index contributed by atoms with van der Waals surface area (Å²) in [6, 6.07) is 5.51. The summed E-state index contributed by atoms with van der Waals surface area (Å²) in [4.78, 5) is 16.8. The van der Waals surface area contributed by atoms with Gasteiger partial charge in [-0.1, -0.05) is 40.9 Å². The van der Waals surface area contributed by atoms with Crippen molar-refractivity contribution in [2.75, 3.05) is 26.2 Å². The maximum absolute atomic E-state index is 12.3. The third-order valence-electron chi connectivity index (χ3n) is 4.88. The molecular formula is C19H22Cl3N5O. The van der Waals surface area contributed by atoms with E-state index in [-0.39, 0.29) is 5.57 Å². The van der Waals surface area contributed by atoms with Crippen molar-refractivity contribution < 1.29 is 4.79 Å². The summed E-state index contributed by atoms with van der Waals surface area (Å²) in [6.07, 6.45) is 1.78. The minimum atomic E-state index is -0.661. The molecule has 3 N–H and O–H groups in total. The summed E-state index contributed by atoms with van der Waals surface area (Å²) in [5.74, 6) is -0.661. The third kappa shape index (κ3) is 4.30. The predicted molar refractivity (Wildman–Crippen MR) is 115 cm³/mol. The molecule has 1 amide bonds. The minimum absolute atomic E-state index is 0.168. The lowest BCUT2D eigenvalue weighted by Gasteiger charge is -2.39. The molecule has 1 aromatic rings. The van der Waals surface area contributed by atoms with E-state index in [1.807, 2.05) is 0 Å². The van der Waals surface area contributed by atoms with Gasteiger partial charge in [0.25, 0.3) is 5.91 Å². The van der Waals surface area contributed by atoms with E-state index < -0.39 is 5.91 Å². The van der Waals surface area contributed by atoms with Gasteiger partial charge in [-0.05, 0) is 32.1 Å². The van der Waals surface area contributed by atoms with Gasteiger partial charge < -0.3 is 10.6 Å². The number of carbonyl (C=O) groups is 1. The fourth-order valence-corrected chi connectivity index (χ4v) is 4.15. The number of benzene rings is 1. The second-order valence-corrected chi connectivity index (χ2v) is 8.08. The number of rotatable bonds is 4. The smallest absolute Gasteiger partial charge is 0.251 e. The van der Waals surface area contributed by atoms with Crippen molar-refractivity contribution in [2.45, 2.75) is 19.9 Å². The average molecular weight is 443 g/mol. The lowest BCUT2D eigenvalue weighted by Crippen LogP contribution is -2.49. The van der Waals surface area contributed by atoms with Crippen molar-refractivity contribution in [1.29, 1.82) is 0 Å². The number of hydrogen-bond acceptors (Lipinski definition) is 5. The van der Waals surface area contributed by atoms with E-state index in [0.717, 1.165) is 31.9 Å². The molecule has 150 valence electrons. The van der Waals surface area contributed by atoms with Crippen molar-refractivity contribution in [3.05, 3.63) is 51.3 Å². The molecule has 9 heteroatoms. The van der Waals surface area contributed by atoms with Gasteiger partial charge in [0.15, 0.2) is 5.17 Å². The summed E-state index contributed by atoms with van der Waals surface area (Å²) < 4.78 is 0. The molecular weight excluding hydrogens is 421 g/mol. The van der Waals surface area contributed by atoms with Gasteiger partial charge in [-0.2, -0.15) is 5.10 Å². The van der Waals surface area contributed by atoms with E-state index in [1.54, 1.807) is 24.3 Å². The van der Waals surface area contributed by atoms with E-state index >= 15 is 0 Å². The van der Waals surface area contributed by atoms with Crippen LogP contribution in [0.25, 0.3) is 5.57 Å². The van der Waals surface area contributed by atoms with Crippen molar-refractivity contribution in [1.82, 2.24) is 15.2 Å². The van der Waals surface area contributed by atoms with Gasteiger partial charge in [-0.25, -0.2) is 0 Å². The zero-order valence-electron chi connectivity index (χ0n) is 15.7. The van der Waals surface area contributed by atoms with Crippen LogP contribution in [0, 0.1) is 0 Å². The number of piperazine rings is 1. The van der Waals surface area contributed by atoms with Crippen LogP contribution in [0.1, 0.15) is 19.4 Å². The van der Waals surface area contributed by atoms with Gasteiger partial charge >= 0.3 is 0 Å². The average Bonchev–Trinajstić information content (AvgIpc) is 2.65. The van der Waals surface area contributed by atoms with E-state index in [9.17, 15) is 4.79 Å². The Morgan fingerprint density at radius 3 is 2.29 bits per heavy atom. The van der Waals surface area contributed by atoms with E-state index in [1.165, 1.54) is 0 Å². The van der Waals surface area contributed by atoms with Gasteiger partial charge in [0.05, 0.1) is 27.0 Å². The van der Waals surface area contributed by atoms with Crippen LogP contribution in [-0.2, 0) is 4.79 Å². The summed E-state index contributed by atoms with van der Waals surface area (Å²) in [6.45, 7) is 7.82. The van der Waals surface area contributed by atoms with Gasteiger partial charge in [0.2, 0.25) is 0 Å². The van der Waals surface area contributed by atoms with Gasteiger partial charge in [0, 0.05) is 37.8 Å². The number of nitrogens with two attached hydrogens (primary N) is 1. The largest absolute Gasteiger partial charge is 0.366 e. The molecule has 0 spiro atoms. The van der Waals surface area contributed by atoms with Crippen LogP contribution < -0.4 is 11.2 Å². The second-order valence-electron chi connectivity index (χ2n) is 6.91. The molecule has 0 radical (unpaired) electrons. The molecule has 1 fully saturated rings. The SMILES string of the molecule is CC(C)N1CCN(C2=C/C(=C(/C(N)=O)c3c(Cl)cccc3Cl)NN=C2Cl)CC1. The Kier molecular flexibility index (Phi) is 6.55. The lowest BCUT2D eigenvalue weighted by molar-refractivity contribution is -0.112. The Bertz CT molecular complexity index is 850. The number of hydrogen-bond donors (Lipinski definition) is 2. The van der Waals surface area contributed by atoms with E-state index in [2.05, 4.69) is 34.2 Å². The summed E-state index contributed by atoms with van der Waals surface area (Å²) in [5, 5.41) is 5.16. The zero-order chi connectivity index (χ0) is 20.4. The Balaban J connectivity index is 2.00. The number of nitrogens with one attached hydrogen (secondary N) is 1. The molecule has 6 nitrogen and oxygen atoms in total. The van der Waals surface area contributed by atoms with E-state index in [0.29, 0.717) is 32.5 Å². The molecule has 0 bridgehead atoms. The highest BCUT2D eigenvalue weighted by atomic mass is 35.5. The Labute approximate surface area is 179 Å². The van der Waals surface area contributed by atoms with Gasteiger partial charge in [-0.15, -0.1) is 0 Å². The number of nitrogens with zero attached hydrogens (tertiary/aromatic N) is 3. The molecule has 1 aromatic carbocycles. The second kappa shape index (κ2) is 8.74. The molecule has 0 aliphatic carbocycles. The molecule has 28 heavy (non-hydrogen) atoms. The Morgan fingerprint density at radius 2 is 1.75 bits per heavy atom. The number of carbonyl (C=O) groups excluding carboxylic acids is 1. The number of hydrazone groups is 1. The highest BCUT2D eigenvalue weighted by molar-refractivity contribution is 6.69. The molecule has 0 atom stereocenters. The quantitative estimate of drug-likeness (QED) is 0.702. The normalized spacial score (nSPS) is 19.9. The topological polar surface area (TPSA) is 74.0 Å². The van der Waals surface area contributed by atoms with Crippen LogP contribution in [0.3, 0.4) is 0 Å². The number of amides is 1. The third-order valence-corrected chi connectivity index (χ3v) is 5.79. The van der Waals surface area contributed by atoms with Crippen molar-refractivity contribution in [3.8, 4) is 0 Å². The highest BCUT2D eigenvalue weighted by Crippen LogP contribution is 2.34. The van der Waals surface area contributed by atoms with Crippen LogP contribution in [0.2, 0.25) is 10.0 Å². The van der Waals surface area contributed by atoms with Crippen LogP contribution in [0.5, 0.6) is 0 Å². The van der Waals surface area contributed by atoms with Crippen molar-refractivity contribution >= 4 is 51.5 Å². The molecule has 0 unspecified atom stereocenters. The lowest BCUT2D eigenvalue weighted by atomic mass is 10.0. The predicted octanol–water partition coefficient (Wildman–Crippen LogP) is 3.26. The Hall–Kier alpha value is -1.73. The minimum Gasteiger partial charge on any atom is -0.366 e. The standard InChI is InChI=1S/C19H22Cl3N5O/c1-11(2)26-6-8-27(9-7-26)15-10-14(24-25-18(15)22)17(19(23)28)16-12(20)4-3-5-13(16)21/h3-5,10-11,24H,6-9H2,1-2H3,(H2,23,28)/b17-14-. The van der Waals surface area contributed by atoms with Gasteiger partial charge in [0.1, 0.15) is 0 Å². The number of allylic oxidation sites excluding steroid dienone is 2. The Morgan fingerprint density at radius 1 is 1.14 bits per heavy atom. The van der Waals surface area contributed by atoms with Crippen LogP contribution >= 0.6 is 34.8 Å². The first-order valence-corrected chi connectivity index (χ1v) is 10.1. The fraction of sp³-hybridized carbons (Fsp3) is 0.368. The summed E-state index contributed by atoms with van der Waals surface area (Å²) >= 11 is 18.9. The zero-order valence-corrected chi connectivity index (χ0v) is 17.9. The molecule has 2 aliphatic rings. The maximum Gasteiger partial charge on any atom is 0.251 e. The monoisotopic (exact) mass is 441 g/mol. The van der Waals surface area contributed by atoms with Crippen molar-refractivity contribution in [2.24, 2.45) is 10.8 Å². The molecule has 2 heterocycles. The van der Waals surface area contributed by atoms with Crippen LogP contribution in [-0.4, -0.2) is 53.1 Å². The van der Waals surface area contributed by atoms with Crippen LogP contribution in [0.15, 0.2) is 40.8 Å². The summed E-state index contributed by atoms with van der Waals surface area (Å²) in [5.41, 5.74) is 10.2. The number of primary amides is 1. The van der Waals surface area contributed by atoms with Crippen molar-refractivity contribution in [3.63, 3.8) is 0 Å². The first-order chi connectivity index (χ1) is 13.3. The van der Waals surface area contributed by atoms with Gasteiger partial charge in [-0.3, -0.25) is 15.1 Å². The highest BCUT2D eigenvalue weighted by Gasteiger charge is 2.27. The fourth-order valence-electron chi connectivity index (χ4n) is 3.35. The van der Waals surface area contributed by atoms with E-state index in [4.69, 9.17) is 40.5 Å². The maximum atomic E-state index is 12.3.